The number of rotatable bonds is 2. The molecule has 0 aromatic carbocycles. The Labute approximate surface area is 55.6 Å². The lowest BCUT2D eigenvalue weighted by atomic mass is 10.1. The second-order valence-corrected chi connectivity index (χ2v) is 2.63. The lowest BCUT2D eigenvalue weighted by molar-refractivity contribution is 0.258. The third-order valence-electron chi connectivity index (χ3n) is 1.93. The predicted molar refractivity (Wildman–Crippen MR) is 36.2 cm³/mol. The molecule has 0 unspecified atom stereocenters. The predicted octanol–water partition coefficient (Wildman–Crippen LogP) is 1.49. The zero-order valence-corrected chi connectivity index (χ0v) is 5.86. The first kappa shape index (κ1) is 7.00. The van der Waals surface area contributed by atoms with Gasteiger partial charge < -0.3 is 5.32 Å². The van der Waals surface area contributed by atoms with Gasteiger partial charge in [-0.05, 0) is 25.8 Å². The molecule has 0 aromatic heterocycles. The average Bonchev–Trinajstić information content (AvgIpc) is 2.37. The molecule has 1 heterocycles. The summed E-state index contributed by atoms with van der Waals surface area (Å²) in [7, 11) is 0. The smallest absolute Gasteiger partial charge is 0.115 e. The van der Waals surface area contributed by atoms with E-state index in [4.69, 9.17) is 0 Å². The topological polar surface area (TPSA) is 12.0 Å². The highest BCUT2D eigenvalue weighted by Crippen LogP contribution is 2.13. The maximum Gasteiger partial charge on any atom is 0.115 e. The molecule has 0 saturated carbocycles. The number of hydrogen-bond acceptors (Lipinski definition) is 1. The summed E-state index contributed by atoms with van der Waals surface area (Å²) in [5, 5.41) is 3.13. The molecule has 1 N–H and O–H groups in total. The summed E-state index contributed by atoms with van der Waals surface area (Å²) in [5.41, 5.74) is 0. The number of alkyl halides is 1. The summed E-state index contributed by atoms with van der Waals surface area (Å²) < 4.78 is 12.8. The third-order valence-corrected chi connectivity index (χ3v) is 1.93. The molecule has 1 saturated heterocycles. The number of hydrogen-bond donors (Lipinski definition) is 1. The highest BCUT2D eigenvalue weighted by Gasteiger charge is 2.21. The van der Waals surface area contributed by atoms with Gasteiger partial charge in [-0.3, -0.25) is 0 Å². The molecule has 0 aliphatic carbocycles. The van der Waals surface area contributed by atoms with Crippen molar-refractivity contribution in [2.75, 3.05) is 6.54 Å². The van der Waals surface area contributed by atoms with E-state index < -0.39 is 6.17 Å². The highest BCUT2D eigenvalue weighted by molar-refractivity contribution is 4.80. The van der Waals surface area contributed by atoms with Gasteiger partial charge in [-0.1, -0.05) is 6.92 Å². The number of nitrogens with one attached hydrogen (secondary N) is 1. The van der Waals surface area contributed by atoms with Crippen LogP contribution < -0.4 is 5.32 Å². The van der Waals surface area contributed by atoms with Crippen LogP contribution in [0.25, 0.3) is 0 Å². The molecule has 2 atom stereocenters. The van der Waals surface area contributed by atoms with E-state index >= 15 is 0 Å². The van der Waals surface area contributed by atoms with Gasteiger partial charge in [-0.2, -0.15) is 0 Å². The van der Waals surface area contributed by atoms with Crippen molar-refractivity contribution in [1.82, 2.24) is 5.32 Å². The van der Waals surface area contributed by atoms with Crippen molar-refractivity contribution in [2.24, 2.45) is 0 Å². The molecule has 1 aliphatic heterocycles. The van der Waals surface area contributed by atoms with E-state index in [-0.39, 0.29) is 6.04 Å². The summed E-state index contributed by atoms with van der Waals surface area (Å²) in [4.78, 5) is 0. The minimum Gasteiger partial charge on any atom is -0.311 e. The molecule has 1 nitrogen and oxygen atoms in total. The van der Waals surface area contributed by atoms with Crippen LogP contribution in [-0.4, -0.2) is 18.8 Å². The van der Waals surface area contributed by atoms with Crippen LogP contribution >= 0.6 is 0 Å². The van der Waals surface area contributed by atoms with E-state index in [1.807, 2.05) is 6.92 Å². The summed E-state index contributed by atoms with van der Waals surface area (Å²) in [6.07, 6.45) is 2.20. The lowest BCUT2D eigenvalue weighted by Crippen LogP contribution is -2.31. The lowest BCUT2D eigenvalue weighted by Gasteiger charge is -2.12. The first-order valence-electron chi connectivity index (χ1n) is 3.72. The van der Waals surface area contributed by atoms with Gasteiger partial charge >= 0.3 is 0 Å². The molecule has 54 valence electrons. The summed E-state index contributed by atoms with van der Waals surface area (Å²) in [6, 6.07) is 0.162. The Morgan fingerprint density at radius 2 is 2.56 bits per heavy atom. The van der Waals surface area contributed by atoms with Crippen LogP contribution in [-0.2, 0) is 0 Å². The maximum atomic E-state index is 12.8. The molecule has 1 fully saturated rings. The van der Waals surface area contributed by atoms with Crippen LogP contribution in [0.5, 0.6) is 0 Å². The van der Waals surface area contributed by atoms with Crippen LogP contribution in [0.15, 0.2) is 0 Å². The fourth-order valence-corrected chi connectivity index (χ4v) is 1.30. The molecule has 0 amide bonds. The molecule has 1 aliphatic rings. The molecule has 0 radical (unpaired) electrons. The van der Waals surface area contributed by atoms with Crippen molar-refractivity contribution >= 4 is 0 Å². The van der Waals surface area contributed by atoms with Gasteiger partial charge in [-0.25, -0.2) is 4.39 Å². The maximum absolute atomic E-state index is 12.8. The monoisotopic (exact) mass is 131 g/mol. The van der Waals surface area contributed by atoms with Crippen molar-refractivity contribution in [3.63, 3.8) is 0 Å². The van der Waals surface area contributed by atoms with Gasteiger partial charge in [0.05, 0.1) is 0 Å². The van der Waals surface area contributed by atoms with Crippen molar-refractivity contribution in [1.29, 1.82) is 0 Å². The minimum atomic E-state index is -0.618. The first-order valence-corrected chi connectivity index (χ1v) is 3.72. The molecule has 0 spiro atoms. The van der Waals surface area contributed by atoms with Crippen LogP contribution in [0.3, 0.4) is 0 Å². The van der Waals surface area contributed by atoms with Crippen molar-refractivity contribution < 1.29 is 4.39 Å². The molecule has 2 heteroatoms. The Kier molecular flexibility index (Phi) is 2.46. The summed E-state index contributed by atoms with van der Waals surface area (Å²) in [6.45, 7) is 2.90. The van der Waals surface area contributed by atoms with Crippen LogP contribution in [0.1, 0.15) is 26.2 Å². The first-order chi connectivity index (χ1) is 4.34. The fraction of sp³-hybridized carbons (Fsp3) is 1.00. The van der Waals surface area contributed by atoms with E-state index in [2.05, 4.69) is 5.32 Å². The van der Waals surface area contributed by atoms with Crippen LogP contribution in [0, 0.1) is 0 Å². The zero-order valence-electron chi connectivity index (χ0n) is 5.86. The van der Waals surface area contributed by atoms with E-state index in [9.17, 15) is 4.39 Å². The molecule has 0 aromatic rings. The van der Waals surface area contributed by atoms with Crippen molar-refractivity contribution in [3.8, 4) is 0 Å². The average molecular weight is 131 g/mol. The Morgan fingerprint density at radius 1 is 1.78 bits per heavy atom. The summed E-state index contributed by atoms with van der Waals surface area (Å²) in [5.74, 6) is 0. The van der Waals surface area contributed by atoms with Crippen molar-refractivity contribution in [2.45, 2.75) is 38.4 Å². The minimum absolute atomic E-state index is 0.162. The number of halogens is 1. The van der Waals surface area contributed by atoms with Gasteiger partial charge in [0, 0.05) is 6.04 Å². The van der Waals surface area contributed by atoms with E-state index in [1.54, 1.807) is 0 Å². The van der Waals surface area contributed by atoms with Gasteiger partial charge in [0.2, 0.25) is 0 Å². The molecule has 0 bridgehead atoms. The zero-order chi connectivity index (χ0) is 6.69. The Morgan fingerprint density at radius 3 is 3.00 bits per heavy atom. The molecule has 9 heavy (non-hydrogen) atoms. The Hall–Kier alpha value is -0.110. The van der Waals surface area contributed by atoms with Gasteiger partial charge in [0.25, 0.3) is 0 Å². The van der Waals surface area contributed by atoms with Crippen molar-refractivity contribution in [3.05, 3.63) is 0 Å². The van der Waals surface area contributed by atoms with Crippen LogP contribution in [0.4, 0.5) is 4.39 Å². The molecule has 1 rings (SSSR count). The van der Waals surface area contributed by atoms with Gasteiger partial charge in [0.1, 0.15) is 6.17 Å². The molecular weight excluding hydrogens is 117 g/mol. The molecular formula is C7H14FN. The largest absolute Gasteiger partial charge is 0.311 e. The second kappa shape index (κ2) is 3.16. The highest BCUT2D eigenvalue weighted by atomic mass is 19.1. The van der Waals surface area contributed by atoms with Gasteiger partial charge in [-0.15, -0.1) is 0 Å². The SMILES string of the molecule is CC[C@@H](F)[C@@H]1CCCN1. The van der Waals surface area contributed by atoms with E-state index in [0.29, 0.717) is 6.42 Å². The quantitative estimate of drug-likeness (QED) is 0.598. The fourth-order valence-electron chi connectivity index (χ4n) is 1.30. The van der Waals surface area contributed by atoms with Crippen LogP contribution in [0.2, 0.25) is 0 Å². The third kappa shape index (κ3) is 1.65. The standard InChI is InChI=1S/C7H14FN/c1-2-6(8)7-4-3-5-9-7/h6-7,9H,2-5H2,1H3/t6-,7+/m1/s1. The van der Waals surface area contributed by atoms with Gasteiger partial charge in [0.15, 0.2) is 0 Å². The second-order valence-electron chi connectivity index (χ2n) is 2.63. The van der Waals surface area contributed by atoms with E-state index in [1.165, 1.54) is 0 Å². The normalized spacial score (nSPS) is 30.7. The summed E-state index contributed by atoms with van der Waals surface area (Å²) >= 11 is 0. The van der Waals surface area contributed by atoms with E-state index in [0.717, 1.165) is 19.4 Å². The Bertz CT molecular complexity index is 79.0. The Balaban J connectivity index is 2.24.